The number of methoxy groups -OCH3 is 1. The Morgan fingerprint density at radius 1 is 0.960 bits per heavy atom. The minimum Gasteiger partial charge on any atom is -0.497 e. The van der Waals surface area contributed by atoms with Gasteiger partial charge in [0.25, 0.3) is 0 Å². The van der Waals surface area contributed by atoms with Crippen molar-refractivity contribution in [2.24, 2.45) is 0 Å². The molecule has 1 aliphatic rings. The first kappa shape index (κ1) is 17.1. The van der Waals surface area contributed by atoms with Crippen molar-refractivity contribution in [3.8, 4) is 5.75 Å². The van der Waals surface area contributed by atoms with E-state index in [4.69, 9.17) is 4.74 Å². The molecule has 1 N–H and O–H groups in total. The molecule has 0 radical (unpaired) electrons. The Labute approximate surface area is 150 Å². The first-order valence-corrected chi connectivity index (χ1v) is 8.62. The zero-order valence-electron chi connectivity index (χ0n) is 15.3. The summed E-state index contributed by atoms with van der Waals surface area (Å²) in [4.78, 5) is 0. The summed E-state index contributed by atoms with van der Waals surface area (Å²) in [6.07, 6.45) is 10.7. The maximum atomic E-state index is 5.21. The van der Waals surface area contributed by atoms with Crippen LogP contribution in [0, 0.1) is 0 Å². The van der Waals surface area contributed by atoms with Crippen LogP contribution in [0.5, 0.6) is 5.75 Å². The molecule has 25 heavy (non-hydrogen) atoms. The van der Waals surface area contributed by atoms with Crippen molar-refractivity contribution in [1.29, 1.82) is 0 Å². The van der Waals surface area contributed by atoms with Gasteiger partial charge in [-0.05, 0) is 60.0 Å². The van der Waals surface area contributed by atoms with E-state index >= 15 is 0 Å². The summed E-state index contributed by atoms with van der Waals surface area (Å²) in [7, 11) is 1.68. The summed E-state index contributed by atoms with van der Waals surface area (Å²) in [5, 5.41) is 3.48. The Kier molecular flexibility index (Phi) is 4.80. The van der Waals surface area contributed by atoms with Crippen molar-refractivity contribution in [2.75, 3.05) is 12.4 Å². The summed E-state index contributed by atoms with van der Waals surface area (Å²) in [5.74, 6) is 0.863. The zero-order chi connectivity index (χ0) is 17.9. The molecule has 2 heteroatoms. The predicted octanol–water partition coefficient (Wildman–Crippen LogP) is 6.25. The van der Waals surface area contributed by atoms with Crippen molar-refractivity contribution >= 4 is 16.9 Å². The van der Waals surface area contributed by atoms with Gasteiger partial charge in [-0.3, -0.25) is 0 Å². The maximum Gasteiger partial charge on any atom is 0.119 e. The molecule has 0 amide bonds. The Hall–Kier alpha value is -2.74. The van der Waals surface area contributed by atoms with Crippen molar-refractivity contribution < 1.29 is 4.74 Å². The van der Waals surface area contributed by atoms with Gasteiger partial charge in [0.15, 0.2) is 0 Å². The highest BCUT2D eigenvalue weighted by Gasteiger charge is 2.28. The summed E-state index contributed by atoms with van der Waals surface area (Å²) < 4.78 is 5.21. The predicted molar refractivity (Wildman–Crippen MR) is 108 cm³/mol. The second-order valence-electron chi connectivity index (χ2n) is 6.82. The number of rotatable bonds is 5. The van der Waals surface area contributed by atoms with Crippen molar-refractivity contribution in [1.82, 2.24) is 0 Å². The number of benzene rings is 2. The molecule has 0 aromatic heterocycles. The molecule has 0 spiro atoms. The molecule has 0 aliphatic heterocycles. The smallest absolute Gasteiger partial charge is 0.119 e. The fourth-order valence-electron chi connectivity index (χ4n) is 3.20. The van der Waals surface area contributed by atoms with Crippen LogP contribution in [0.4, 0.5) is 11.4 Å². The maximum absolute atomic E-state index is 5.21. The Morgan fingerprint density at radius 3 is 2.36 bits per heavy atom. The van der Waals surface area contributed by atoms with Gasteiger partial charge in [0.05, 0.1) is 7.11 Å². The standard InChI is InChI=1S/C23H25NO/c1-5-6-7-8-17-16-23(2,3)22-15-19(11-14-21(17)22)24-18-9-12-20(25-4)13-10-18/h5-16,24H,1-4H3. The van der Waals surface area contributed by atoms with Crippen LogP contribution in [0.3, 0.4) is 0 Å². The van der Waals surface area contributed by atoms with E-state index in [1.54, 1.807) is 7.11 Å². The minimum atomic E-state index is 0.0303. The number of hydrogen-bond acceptors (Lipinski definition) is 2. The van der Waals surface area contributed by atoms with Gasteiger partial charge in [-0.25, -0.2) is 0 Å². The van der Waals surface area contributed by atoms with E-state index in [2.05, 4.69) is 61.7 Å². The monoisotopic (exact) mass is 331 g/mol. The first-order valence-electron chi connectivity index (χ1n) is 8.62. The van der Waals surface area contributed by atoms with Gasteiger partial charge in [0.2, 0.25) is 0 Å². The lowest BCUT2D eigenvalue weighted by Gasteiger charge is -2.19. The Bertz CT molecular complexity index is 839. The van der Waals surface area contributed by atoms with E-state index in [1.807, 2.05) is 37.3 Å². The van der Waals surface area contributed by atoms with Gasteiger partial charge in [0.1, 0.15) is 5.75 Å². The third-order valence-corrected chi connectivity index (χ3v) is 4.50. The molecule has 3 rings (SSSR count). The SMILES string of the molecule is CC=CC=CC1=CC(C)(C)c2cc(Nc3ccc(OC)cc3)ccc21. The van der Waals surface area contributed by atoms with Gasteiger partial charge >= 0.3 is 0 Å². The quantitative estimate of drug-likeness (QED) is 0.654. The van der Waals surface area contributed by atoms with Crippen LogP contribution >= 0.6 is 0 Å². The Balaban J connectivity index is 1.87. The van der Waals surface area contributed by atoms with E-state index < -0.39 is 0 Å². The zero-order valence-corrected chi connectivity index (χ0v) is 15.3. The highest BCUT2D eigenvalue weighted by molar-refractivity contribution is 5.84. The van der Waals surface area contributed by atoms with Crippen molar-refractivity contribution in [2.45, 2.75) is 26.2 Å². The summed E-state index contributed by atoms with van der Waals surface area (Å²) in [5.41, 5.74) is 6.13. The molecule has 2 nitrogen and oxygen atoms in total. The molecule has 128 valence electrons. The third kappa shape index (κ3) is 3.69. The van der Waals surface area contributed by atoms with Crippen LogP contribution in [0.25, 0.3) is 5.57 Å². The van der Waals surface area contributed by atoms with E-state index in [0.717, 1.165) is 17.1 Å². The number of allylic oxidation sites excluding steroid dienone is 6. The molecule has 0 bridgehead atoms. The van der Waals surface area contributed by atoms with Gasteiger partial charge in [-0.1, -0.05) is 50.3 Å². The van der Waals surface area contributed by atoms with Gasteiger partial charge in [-0.2, -0.15) is 0 Å². The Morgan fingerprint density at radius 2 is 1.68 bits per heavy atom. The lowest BCUT2D eigenvalue weighted by Crippen LogP contribution is -2.10. The average Bonchev–Trinajstić information content (AvgIpc) is 2.86. The van der Waals surface area contributed by atoms with Crippen molar-refractivity contribution in [3.63, 3.8) is 0 Å². The minimum absolute atomic E-state index is 0.0303. The number of fused-ring (bicyclic) bond motifs is 1. The fourth-order valence-corrected chi connectivity index (χ4v) is 3.20. The van der Waals surface area contributed by atoms with E-state index in [-0.39, 0.29) is 5.41 Å². The van der Waals surface area contributed by atoms with Gasteiger partial charge < -0.3 is 10.1 Å². The molecule has 0 atom stereocenters. The summed E-state index contributed by atoms with van der Waals surface area (Å²) in [6, 6.07) is 14.6. The number of nitrogens with one attached hydrogen (secondary N) is 1. The van der Waals surface area contributed by atoms with Crippen LogP contribution in [0.15, 0.2) is 72.8 Å². The van der Waals surface area contributed by atoms with Crippen LogP contribution in [-0.2, 0) is 5.41 Å². The van der Waals surface area contributed by atoms with Crippen LogP contribution < -0.4 is 10.1 Å². The summed E-state index contributed by atoms with van der Waals surface area (Å²) >= 11 is 0. The van der Waals surface area contributed by atoms with Crippen LogP contribution in [0.1, 0.15) is 31.9 Å². The molecule has 0 heterocycles. The molecule has 2 aromatic rings. The number of anilines is 2. The van der Waals surface area contributed by atoms with E-state index in [9.17, 15) is 0 Å². The molecule has 0 saturated carbocycles. The molecular formula is C23H25NO. The molecule has 0 saturated heterocycles. The molecule has 1 aliphatic carbocycles. The average molecular weight is 331 g/mol. The highest BCUT2D eigenvalue weighted by Crippen LogP contribution is 2.42. The van der Waals surface area contributed by atoms with Crippen molar-refractivity contribution in [3.05, 3.63) is 84.0 Å². The molecular weight excluding hydrogens is 306 g/mol. The largest absolute Gasteiger partial charge is 0.497 e. The lowest BCUT2D eigenvalue weighted by atomic mass is 9.87. The fraction of sp³-hybridized carbons (Fsp3) is 0.217. The van der Waals surface area contributed by atoms with Gasteiger partial charge in [0, 0.05) is 16.8 Å². The molecule has 0 unspecified atom stereocenters. The number of ether oxygens (including phenoxy) is 1. The topological polar surface area (TPSA) is 21.3 Å². The number of hydrogen-bond donors (Lipinski definition) is 1. The highest BCUT2D eigenvalue weighted by atomic mass is 16.5. The van der Waals surface area contributed by atoms with Crippen LogP contribution in [0.2, 0.25) is 0 Å². The second kappa shape index (κ2) is 7.02. The van der Waals surface area contributed by atoms with E-state index in [1.165, 1.54) is 16.7 Å². The normalized spacial score (nSPS) is 15.4. The van der Waals surface area contributed by atoms with Crippen LogP contribution in [-0.4, -0.2) is 7.11 Å². The molecule has 0 fully saturated rings. The lowest BCUT2D eigenvalue weighted by molar-refractivity contribution is 0.415. The molecule has 2 aromatic carbocycles. The van der Waals surface area contributed by atoms with E-state index in [0.29, 0.717) is 0 Å². The third-order valence-electron chi connectivity index (χ3n) is 4.50. The summed E-state index contributed by atoms with van der Waals surface area (Å²) in [6.45, 7) is 6.56. The first-order chi connectivity index (χ1) is 12.0. The second-order valence-corrected chi connectivity index (χ2v) is 6.82. The van der Waals surface area contributed by atoms with Gasteiger partial charge in [-0.15, -0.1) is 0 Å².